The van der Waals surface area contributed by atoms with E-state index < -0.39 is 11.5 Å². The second-order valence-electron chi connectivity index (χ2n) is 9.27. The molecule has 0 fully saturated rings. The van der Waals surface area contributed by atoms with E-state index >= 15 is 0 Å². The molecule has 0 saturated carbocycles. The van der Waals surface area contributed by atoms with Gasteiger partial charge in [0, 0.05) is 25.2 Å². The SMILES string of the molecule is Cc1c(C(=O)Nc2ccc(Oc3ccnc(NC(=O)C(C)C(C)C)c3)cn2)c(=O)n(-c2ccccc2)n1C. The van der Waals surface area contributed by atoms with Gasteiger partial charge in [0.15, 0.2) is 0 Å². The van der Waals surface area contributed by atoms with Crippen LogP contribution in [0.3, 0.4) is 0 Å². The topological polar surface area (TPSA) is 120 Å². The highest BCUT2D eigenvalue weighted by molar-refractivity contribution is 6.04. The molecule has 0 radical (unpaired) electrons. The van der Waals surface area contributed by atoms with E-state index in [-0.39, 0.29) is 29.1 Å². The van der Waals surface area contributed by atoms with Crippen molar-refractivity contribution in [2.75, 3.05) is 10.6 Å². The molecule has 10 nitrogen and oxygen atoms in total. The highest BCUT2D eigenvalue weighted by Gasteiger charge is 2.22. The lowest BCUT2D eigenvalue weighted by Crippen LogP contribution is -2.25. The van der Waals surface area contributed by atoms with Crippen molar-refractivity contribution in [3.05, 3.63) is 88.6 Å². The number of nitrogens with zero attached hydrogens (tertiary/aromatic N) is 4. The van der Waals surface area contributed by atoms with Crippen LogP contribution in [0.4, 0.5) is 11.6 Å². The summed E-state index contributed by atoms with van der Waals surface area (Å²) in [6.45, 7) is 7.55. The molecular weight excluding hydrogens is 484 g/mol. The molecule has 0 aliphatic rings. The summed E-state index contributed by atoms with van der Waals surface area (Å²) >= 11 is 0. The van der Waals surface area contributed by atoms with Crippen molar-refractivity contribution >= 4 is 23.5 Å². The van der Waals surface area contributed by atoms with Crippen LogP contribution < -0.4 is 20.9 Å². The quantitative estimate of drug-likeness (QED) is 0.356. The second kappa shape index (κ2) is 11.1. The lowest BCUT2D eigenvalue weighted by molar-refractivity contribution is -0.120. The fraction of sp³-hybridized carbons (Fsp3) is 0.250. The Morgan fingerprint density at radius 3 is 2.32 bits per heavy atom. The number of amides is 2. The maximum absolute atomic E-state index is 13.1. The van der Waals surface area contributed by atoms with Crippen LogP contribution in [0.5, 0.6) is 11.5 Å². The van der Waals surface area contributed by atoms with Crippen molar-refractivity contribution in [2.45, 2.75) is 27.7 Å². The van der Waals surface area contributed by atoms with Crippen LogP contribution >= 0.6 is 0 Å². The third-order valence-electron chi connectivity index (χ3n) is 6.39. The zero-order valence-corrected chi connectivity index (χ0v) is 21.9. The van der Waals surface area contributed by atoms with Crippen molar-refractivity contribution in [1.29, 1.82) is 0 Å². The summed E-state index contributed by atoms with van der Waals surface area (Å²) in [7, 11) is 1.73. The van der Waals surface area contributed by atoms with Crippen LogP contribution in [0.15, 0.2) is 71.8 Å². The van der Waals surface area contributed by atoms with E-state index in [4.69, 9.17) is 4.74 Å². The summed E-state index contributed by atoms with van der Waals surface area (Å²) in [6, 6.07) is 15.6. The van der Waals surface area contributed by atoms with Crippen molar-refractivity contribution in [1.82, 2.24) is 19.3 Å². The third kappa shape index (κ3) is 5.64. The molecule has 4 rings (SSSR count). The van der Waals surface area contributed by atoms with Gasteiger partial charge in [-0.25, -0.2) is 14.6 Å². The maximum atomic E-state index is 13.1. The van der Waals surface area contributed by atoms with Crippen molar-refractivity contribution in [3.63, 3.8) is 0 Å². The first kappa shape index (κ1) is 26.3. The normalized spacial score (nSPS) is 11.7. The van der Waals surface area contributed by atoms with Crippen LogP contribution in [0.25, 0.3) is 5.69 Å². The van der Waals surface area contributed by atoms with Gasteiger partial charge in [-0.05, 0) is 43.2 Å². The molecule has 4 aromatic rings. The summed E-state index contributed by atoms with van der Waals surface area (Å²) < 4.78 is 8.93. The Hall–Kier alpha value is -4.73. The number of rotatable bonds is 8. The Bertz CT molecular complexity index is 1510. The molecule has 1 unspecified atom stereocenters. The summed E-state index contributed by atoms with van der Waals surface area (Å²) in [6.07, 6.45) is 2.99. The van der Waals surface area contributed by atoms with Gasteiger partial charge in [0.25, 0.3) is 11.5 Å². The molecule has 2 amide bonds. The molecule has 1 atom stereocenters. The van der Waals surface area contributed by atoms with E-state index in [1.54, 1.807) is 55.1 Å². The Balaban J connectivity index is 1.45. The van der Waals surface area contributed by atoms with E-state index in [1.807, 2.05) is 39.0 Å². The fourth-order valence-corrected chi connectivity index (χ4v) is 3.75. The summed E-state index contributed by atoms with van der Waals surface area (Å²) in [5.41, 5.74) is 0.809. The Labute approximate surface area is 220 Å². The smallest absolute Gasteiger partial charge is 0.284 e. The highest BCUT2D eigenvalue weighted by atomic mass is 16.5. The molecule has 0 bridgehead atoms. The number of aromatic nitrogens is 4. The number of anilines is 2. The van der Waals surface area contributed by atoms with Crippen molar-refractivity contribution in [3.8, 4) is 17.2 Å². The first-order chi connectivity index (χ1) is 18.2. The molecule has 0 spiro atoms. The van der Waals surface area contributed by atoms with Gasteiger partial charge >= 0.3 is 0 Å². The zero-order valence-electron chi connectivity index (χ0n) is 21.9. The summed E-state index contributed by atoms with van der Waals surface area (Å²) in [5.74, 6) is 0.916. The number of benzene rings is 1. The maximum Gasteiger partial charge on any atom is 0.284 e. The van der Waals surface area contributed by atoms with Gasteiger partial charge in [-0.1, -0.05) is 39.0 Å². The lowest BCUT2D eigenvalue weighted by atomic mass is 9.97. The molecule has 196 valence electrons. The largest absolute Gasteiger partial charge is 0.456 e. The fourth-order valence-electron chi connectivity index (χ4n) is 3.75. The minimum absolute atomic E-state index is 0.0385. The van der Waals surface area contributed by atoms with Crippen molar-refractivity contribution in [2.24, 2.45) is 18.9 Å². The molecule has 0 aliphatic heterocycles. The van der Waals surface area contributed by atoms with Gasteiger partial charge in [-0.2, -0.15) is 0 Å². The van der Waals surface area contributed by atoms with E-state index in [1.165, 1.54) is 17.1 Å². The van der Waals surface area contributed by atoms with Gasteiger partial charge in [-0.15, -0.1) is 0 Å². The molecule has 3 aromatic heterocycles. The summed E-state index contributed by atoms with van der Waals surface area (Å²) in [4.78, 5) is 46.8. The van der Waals surface area contributed by atoms with Gasteiger partial charge in [0.1, 0.15) is 28.7 Å². The van der Waals surface area contributed by atoms with Crippen LogP contribution in [-0.2, 0) is 11.8 Å². The number of nitrogens with one attached hydrogen (secondary N) is 2. The minimum atomic E-state index is -0.552. The van der Waals surface area contributed by atoms with Crippen LogP contribution in [0.1, 0.15) is 36.8 Å². The van der Waals surface area contributed by atoms with Crippen molar-refractivity contribution < 1.29 is 14.3 Å². The van der Waals surface area contributed by atoms with E-state index in [2.05, 4.69) is 20.6 Å². The molecule has 38 heavy (non-hydrogen) atoms. The number of carbonyl (C=O) groups is 2. The first-order valence-corrected chi connectivity index (χ1v) is 12.2. The number of hydrogen-bond donors (Lipinski definition) is 2. The predicted molar refractivity (Wildman–Crippen MR) is 145 cm³/mol. The summed E-state index contributed by atoms with van der Waals surface area (Å²) in [5, 5.41) is 5.48. The average molecular weight is 515 g/mol. The van der Waals surface area contributed by atoms with Crippen LogP contribution in [0, 0.1) is 18.8 Å². The number of ether oxygens (including phenoxy) is 1. The number of pyridine rings is 2. The lowest BCUT2D eigenvalue weighted by Gasteiger charge is -2.15. The Kier molecular flexibility index (Phi) is 7.71. The molecular formula is C28H30N6O4. The molecule has 1 aromatic carbocycles. The first-order valence-electron chi connectivity index (χ1n) is 12.2. The molecule has 0 aliphatic carbocycles. The monoisotopic (exact) mass is 514 g/mol. The standard InChI is InChI=1S/C28H30N6O4/c1-17(2)18(3)26(35)32-24-15-21(13-14-29-24)38-22-11-12-23(30-16-22)31-27(36)25-19(4)33(5)34(28(25)37)20-9-7-6-8-10-20/h6-18H,1-5H3,(H,29,32,35)(H,30,31,36). The van der Waals surface area contributed by atoms with Gasteiger partial charge in [-0.3, -0.25) is 19.1 Å². The van der Waals surface area contributed by atoms with Crippen LogP contribution in [0.2, 0.25) is 0 Å². The van der Waals surface area contributed by atoms with Gasteiger partial charge in [0.05, 0.1) is 17.6 Å². The molecule has 2 N–H and O–H groups in total. The van der Waals surface area contributed by atoms with E-state index in [0.717, 1.165) is 0 Å². The number of para-hydroxylation sites is 1. The predicted octanol–water partition coefficient (Wildman–Crippen LogP) is 4.55. The second-order valence-corrected chi connectivity index (χ2v) is 9.27. The van der Waals surface area contributed by atoms with Gasteiger partial charge < -0.3 is 15.4 Å². The van der Waals surface area contributed by atoms with Crippen LogP contribution in [-0.4, -0.2) is 31.1 Å². The molecule has 10 heteroatoms. The third-order valence-corrected chi connectivity index (χ3v) is 6.39. The highest BCUT2D eigenvalue weighted by Crippen LogP contribution is 2.24. The minimum Gasteiger partial charge on any atom is -0.456 e. The van der Waals surface area contributed by atoms with Gasteiger partial charge in [0.2, 0.25) is 5.91 Å². The Morgan fingerprint density at radius 1 is 0.921 bits per heavy atom. The van der Waals surface area contributed by atoms with E-state index in [0.29, 0.717) is 28.7 Å². The van der Waals surface area contributed by atoms with E-state index in [9.17, 15) is 14.4 Å². The Morgan fingerprint density at radius 2 is 1.66 bits per heavy atom. The zero-order chi connectivity index (χ0) is 27.4. The number of hydrogen-bond acceptors (Lipinski definition) is 6. The number of carbonyl (C=O) groups excluding carboxylic acids is 2. The average Bonchev–Trinajstić information content (AvgIpc) is 3.12. The molecule has 0 saturated heterocycles. The molecule has 3 heterocycles.